The fourth-order valence-corrected chi connectivity index (χ4v) is 2.00. The maximum absolute atomic E-state index is 9.01. The van der Waals surface area contributed by atoms with Crippen LogP contribution < -0.4 is 9.47 Å². The van der Waals surface area contributed by atoms with Crippen LogP contribution in [0.3, 0.4) is 0 Å². The van der Waals surface area contributed by atoms with Gasteiger partial charge < -0.3 is 14.3 Å². The molecule has 0 aromatic heterocycles. The van der Waals surface area contributed by atoms with Crippen molar-refractivity contribution in [3.63, 3.8) is 0 Å². The van der Waals surface area contributed by atoms with Crippen molar-refractivity contribution >= 4 is 6.21 Å². The van der Waals surface area contributed by atoms with Crippen molar-refractivity contribution < 1.29 is 14.3 Å². The molecule has 0 aliphatic rings. The van der Waals surface area contributed by atoms with E-state index in [1.165, 1.54) is 0 Å². The Kier molecular flexibility index (Phi) is 6.01. The number of oxime groups is 1. The lowest BCUT2D eigenvalue weighted by Crippen LogP contribution is -1.96. The molecule has 0 saturated heterocycles. The zero-order chi connectivity index (χ0) is 16.5. The maximum atomic E-state index is 9.01. The second-order valence-electron chi connectivity index (χ2n) is 4.62. The van der Waals surface area contributed by atoms with E-state index in [1.807, 2.05) is 43.3 Å². The Morgan fingerprint density at radius 3 is 2.74 bits per heavy atom. The molecule has 0 fully saturated rings. The van der Waals surface area contributed by atoms with Gasteiger partial charge in [-0.2, -0.15) is 5.26 Å². The minimum absolute atomic E-state index is 0.244. The van der Waals surface area contributed by atoms with Crippen molar-refractivity contribution in [1.29, 1.82) is 5.26 Å². The molecule has 2 aromatic carbocycles. The third kappa shape index (κ3) is 4.48. The van der Waals surface area contributed by atoms with Crippen molar-refractivity contribution in [3.8, 4) is 17.6 Å². The summed E-state index contributed by atoms with van der Waals surface area (Å²) < 4.78 is 10.7. The summed E-state index contributed by atoms with van der Waals surface area (Å²) in [6.07, 6.45) is 1.59. The SMILES string of the molecule is CCOc1ccc(C=NOCc2ccccc2C#N)cc1OC. The first-order valence-electron chi connectivity index (χ1n) is 7.22. The van der Waals surface area contributed by atoms with Gasteiger partial charge in [0.25, 0.3) is 0 Å². The average Bonchev–Trinajstić information content (AvgIpc) is 2.60. The highest BCUT2D eigenvalue weighted by atomic mass is 16.6. The van der Waals surface area contributed by atoms with Crippen LogP contribution in [0.15, 0.2) is 47.6 Å². The standard InChI is InChI=1S/C18H18N2O3/c1-3-22-17-9-8-14(10-18(17)21-2)12-20-23-13-16-7-5-4-6-15(16)11-19/h4-10,12H,3,13H2,1-2H3. The monoisotopic (exact) mass is 310 g/mol. The molecule has 118 valence electrons. The van der Waals surface area contributed by atoms with E-state index >= 15 is 0 Å². The molecule has 0 unspecified atom stereocenters. The third-order valence-electron chi connectivity index (χ3n) is 3.12. The molecule has 0 bridgehead atoms. The third-order valence-corrected chi connectivity index (χ3v) is 3.12. The van der Waals surface area contributed by atoms with Crippen molar-refractivity contribution in [2.24, 2.45) is 5.16 Å². The topological polar surface area (TPSA) is 63.8 Å². The molecular weight excluding hydrogens is 292 g/mol. The van der Waals surface area contributed by atoms with Crippen LogP contribution in [0, 0.1) is 11.3 Å². The number of hydrogen-bond acceptors (Lipinski definition) is 5. The molecule has 0 atom stereocenters. The second-order valence-corrected chi connectivity index (χ2v) is 4.62. The van der Waals surface area contributed by atoms with Crippen LogP contribution in [0.4, 0.5) is 0 Å². The largest absolute Gasteiger partial charge is 0.493 e. The summed E-state index contributed by atoms with van der Waals surface area (Å²) in [4.78, 5) is 5.26. The molecule has 0 heterocycles. The molecule has 0 saturated carbocycles. The Labute approximate surface area is 135 Å². The first-order chi connectivity index (χ1) is 11.3. The Hall–Kier alpha value is -3.00. The number of benzene rings is 2. The van der Waals surface area contributed by atoms with Crippen LogP contribution in [-0.2, 0) is 11.4 Å². The molecule has 0 aliphatic heterocycles. The van der Waals surface area contributed by atoms with Crippen LogP contribution in [0.1, 0.15) is 23.6 Å². The number of methoxy groups -OCH3 is 1. The minimum atomic E-state index is 0.244. The number of nitrogens with zero attached hydrogens (tertiary/aromatic N) is 2. The van der Waals surface area contributed by atoms with E-state index in [2.05, 4.69) is 11.2 Å². The van der Waals surface area contributed by atoms with E-state index in [0.29, 0.717) is 23.7 Å². The van der Waals surface area contributed by atoms with Crippen molar-refractivity contribution in [3.05, 3.63) is 59.2 Å². The van der Waals surface area contributed by atoms with Gasteiger partial charge in [0, 0.05) is 11.1 Å². The summed E-state index contributed by atoms with van der Waals surface area (Å²) in [5.74, 6) is 1.33. The van der Waals surface area contributed by atoms with E-state index in [4.69, 9.17) is 19.6 Å². The Balaban J connectivity index is 1.99. The highest BCUT2D eigenvalue weighted by Gasteiger charge is 2.04. The zero-order valence-corrected chi connectivity index (χ0v) is 13.2. The van der Waals surface area contributed by atoms with Gasteiger partial charge in [-0.3, -0.25) is 0 Å². The molecule has 5 nitrogen and oxygen atoms in total. The normalized spacial score (nSPS) is 10.3. The van der Waals surface area contributed by atoms with Crippen LogP contribution in [-0.4, -0.2) is 19.9 Å². The van der Waals surface area contributed by atoms with Crippen LogP contribution in [0.2, 0.25) is 0 Å². The van der Waals surface area contributed by atoms with Gasteiger partial charge in [-0.05, 0) is 31.2 Å². The van der Waals surface area contributed by atoms with Crippen LogP contribution in [0.5, 0.6) is 11.5 Å². The predicted molar refractivity (Wildman–Crippen MR) is 87.7 cm³/mol. The van der Waals surface area contributed by atoms with Gasteiger partial charge in [-0.25, -0.2) is 0 Å². The Morgan fingerprint density at radius 2 is 2.00 bits per heavy atom. The van der Waals surface area contributed by atoms with Crippen LogP contribution in [0.25, 0.3) is 0 Å². The molecule has 23 heavy (non-hydrogen) atoms. The van der Waals surface area contributed by atoms with Gasteiger partial charge in [0.05, 0.1) is 31.6 Å². The second kappa shape index (κ2) is 8.44. The van der Waals surface area contributed by atoms with E-state index in [1.54, 1.807) is 19.4 Å². The molecule has 2 aromatic rings. The van der Waals surface area contributed by atoms with E-state index in [9.17, 15) is 0 Å². The van der Waals surface area contributed by atoms with Gasteiger partial charge >= 0.3 is 0 Å². The summed E-state index contributed by atoms with van der Waals surface area (Å²) in [7, 11) is 1.59. The highest BCUT2D eigenvalue weighted by molar-refractivity contribution is 5.80. The van der Waals surface area contributed by atoms with Crippen molar-refractivity contribution in [2.75, 3.05) is 13.7 Å². The molecule has 0 spiro atoms. The van der Waals surface area contributed by atoms with Gasteiger partial charge in [-0.1, -0.05) is 23.4 Å². The summed E-state index contributed by atoms with van der Waals surface area (Å²) in [5.41, 5.74) is 2.22. The van der Waals surface area contributed by atoms with E-state index in [-0.39, 0.29) is 6.61 Å². The lowest BCUT2D eigenvalue weighted by molar-refractivity contribution is 0.132. The highest BCUT2D eigenvalue weighted by Crippen LogP contribution is 2.27. The molecule has 0 radical (unpaired) electrons. The number of hydrogen-bond donors (Lipinski definition) is 0. The molecule has 0 aliphatic carbocycles. The first kappa shape index (κ1) is 16.4. The lowest BCUT2D eigenvalue weighted by atomic mass is 10.1. The predicted octanol–water partition coefficient (Wildman–Crippen LogP) is 3.52. The first-order valence-corrected chi connectivity index (χ1v) is 7.22. The minimum Gasteiger partial charge on any atom is -0.493 e. The quantitative estimate of drug-likeness (QED) is 0.580. The molecule has 2 rings (SSSR count). The lowest BCUT2D eigenvalue weighted by Gasteiger charge is -2.09. The Bertz CT molecular complexity index is 720. The summed E-state index contributed by atoms with van der Waals surface area (Å²) in [6, 6.07) is 14.9. The smallest absolute Gasteiger partial charge is 0.161 e. The van der Waals surface area contributed by atoms with Gasteiger partial charge in [0.1, 0.15) is 6.61 Å². The zero-order valence-electron chi connectivity index (χ0n) is 13.2. The van der Waals surface area contributed by atoms with E-state index < -0.39 is 0 Å². The summed E-state index contributed by atoms with van der Waals surface area (Å²) in [5, 5.41) is 12.9. The Morgan fingerprint density at radius 1 is 1.17 bits per heavy atom. The fraction of sp³-hybridized carbons (Fsp3) is 0.222. The summed E-state index contributed by atoms with van der Waals surface area (Å²) in [6.45, 7) is 2.74. The van der Waals surface area contributed by atoms with Crippen molar-refractivity contribution in [1.82, 2.24) is 0 Å². The van der Waals surface area contributed by atoms with Gasteiger partial charge in [0.15, 0.2) is 11.5 Å². The molecule has 5 heteroatoms. The van der Waals surface area contributed by atoms with Crippen LogP contribution >= 0.6 is 0 Å². The van der Waals surface area contributed by atoms with Gasteiger partial charge in [-0.15, -0.1) is 0 Å². The fourth-order valence-electron chi connectivity index (χ4n) is 2.00. The summed E-state index contributed by atoms with van der Waals surface area (Å²) >= 11 is 0. The molecule has 0 amide bonds. The van der Waals surface area contributed by atoms with Gasteiger partial charge in [0.2, 0.25) is 0 Å². The maximum Gasteiger partial charge on any atom is 0.161 e. The molecule has 0 N–H and O–H groups in total. The number of ether oxygens (including phenoxy) is 2. The molecular formula is C18H18N2O3. The van der Waals surface area contributed by atoms with E-state index in [0.717, 1.165) is 11.1 Å². The average molecular weight is 310 g/mol. The number of rotatable bonds is 7. The van der Waals surface area contributed by atoms with Crippen molar-refractivity contribution in [2.45, 2.75) is 13.5 Å². The number of nitriles is 1.